The second-order valence-corrected chi connectivity index (χ2v) is 3.57. The van der Waals surface area contributed by atoms with Crippen molar-refractivity contribution in [3.63, 3.8) is 0 Å². The first-order valence-corrected chi connectivity index (χ1v) is 5.62. The summed E-state index contributed by atoms with van der Waals surface area (Å²) in [7, 11) is 0. The molecule has 0 aliphatic carbocycles. The molecule has 0 fully saturated rings. The maximum Gasteiger partial charge on any atom is 0.270 e. The molecule has 2 heterocycles. The van der Waals surface area contributed by atoms with E-state index >= 15 is 0 Å². The highest BCUT2D eigenvalue weighted by Gasteiger charge is 2.08. The van der Waals surface area contributed by atoms with E-state index < -0.39 is 0 Å². The molecule has 7 nitrogen and oxygen atoms in total. The Morgan fingerprint density at radius 2 is 2.33 bits per heavy atom. The fourth-order valence-corrected chi connectivity index (χ4v) is 1.44. The third kappa shape index (κ3) is 3.03. The van der Waals surface area contributed by atoms with Gasteiger partial charge in [-0.05, 0) is 19.1 Å². The lowest BCUT2D eigenvalue weighted by Gasteiger charge is -2.05. The number of carbonyl (C=O) groups is 1. The van der Waals surface area contributed by atoms with E-state index in [2.05, 4.69) is 30.8 Å². The Labute approximate surface area is 104 Å². The van der Waals surface area contributed by atoms with Gasteiger partial charge >= 0.3 is 0 Å². The molecule has 94 valence electrons. The first kappa shape index (κ1) is 12.0. The summed E-state index contributed by atoms with van der Waals surface area (Å²) in [5.41, 5.74) is 1.24. The highest BCUT2D eigenvalue weighted by atomic mass is 16.1. The van der Waals surface area contributed by atoms with E-state index in [0.717, 1.165) is 12.2 Å². The van der Waals surface area contributed by atoms with Gasteiger partial charge in [0, 0.05) is 18.4 Å². The number of amides is 1. The number of carbonyl (C=O) groups excluding carboxylic acids is 1. The summed E-state index contributed by atoms with van der Waals surface area (Å²) in [5.74, 6) is 0.359. The summed E-state index contributed by atoms with van der Waals surface area (Å²) in [6, 6.07) is 3.52. The van der Waals surface area contributed by atoms with Crippen LogP contribution < -0.4 is 10.6 Å². The van der Waals surface area contributed by atoms with Crippen LogP contribution in [0.1, 0.15) is 23.2 Å². The van der Waals surface area contributed by atoms with Gasteiger partial charge in [0.1, 0.15) is 17.8 Å². The van der Waals surface area contributed by atoms with Crippen LogP contribution in [0.3, 0.4) is 0 Å². The molecule has 0 saturated carbocycles. The lowest BCUT2D eigenvalue weighted by molar-refractivity contribution is 0.0945. The molecule has 0 saturated heterocycles. The fourth-order valence-electron chi connectivity index (χ4n) is 1.44. The van der Waals surface area contributed by atoms with E-state index in [4.69, 9.17) is 0 Å². The molecule has 0 atom stereocenters. The molecule has 3 N–H and O–H groups in total. The number of anilines is 1. The number of aromatic amines is 1. The van der Waals surface area contributed by atoms with Crippen LogP contribution in [0.25, 0.3) is 0 Å². The van der Waals surface area contributed by atoms with Gasteiger partial charge in [0.05, 0.1) is 6.54 Å². The predicted molar refractivity (Wildman–Crippen MR) is 66.0 cm³/mol. The Morgan fingerprint density at radius 3 is 3.06 bits per heavy atom. The zero-order valence-corrected chi connectivity index (χ0v) is 9.97. The molecule has 1 amide bonds. The molecule has 2 aromatic heterocycles. The molecule has 0 spiro atoms. The number of nitrogens with one attached hydrogen (secondary N) is 3. The first-order valence-electron chi connectivity index (χ1n) is 5.62. The highest BCUT2D eigenvalue weighted by molar-refractivity contribution is 5.92. The average Bonchev–Trinajstić information content (AvgIpc) is 2.90. The standard InChI is InChI=1S/C11H14N6O/c1-2-12-8-3-4-13-9(5-8)11(18)14-6-10-15-7-16-17-10/h3-5,7H,2,6H2,1H3,(H,12,13)(H,14,18)(H,15,16,17). The summed E-state index contributed by atoms with van der Waals surface area (Å²) in [5, 5.41) is 12.2. The molecule has 0 aliphatic rings. The Bertz CT molecular complexity index is 510. The second-order valence-electron chi connectivity index (χ2n) is 3.57. The molecular formula is C11H14N6O. The first-order chi connectivity index (χ1) is 8.79. The van der Waals surface area contributed by atoms with Crippen molar-refractivity contribution in [3.8, 4) is 0 Å². The molecule has 7 heteroatoms. The molecule has 18 heavy (non-hydrogen) atoms. The van der Waals surface area contributed by atoms with Crippen LogP contribution >= 0.6 is 0 Å². The number of hydrogen-bond acceptors (Lipinski definition) is 5. The summed E-state index contributed by atoms with van der Waals surface area (Å²) in [6.07, 6.45) is 2.99. The third-order valence-corrected chi connectivity index (χ3v) is 2.25. The number of rotatable bonds is 5. The van der Waals surface area contributed by atoms with Crippen LogP contribution in [0, 0.1) is 0 Å². The van der Waals surface area contributed by atoms with Crippen LogP contribution in [0.2, 0.25) is 0 Å². The smallest absolute Gasteiger partial charge is 0.270 e. The minimum atomic E-state index is -0.244. The van der Waals surface area contributed by atoms with Crippen molar-refractivity contribution in [3.05, 3.63) is 36.2 Å². The number of nitrogens with zero attached hydrogens (tertiary/aromatic N) is 3. The van der Waals surface area contributed by atoms with Crippen molar-refractivity contribution in [2.24, 2.45) is 0 Å². The summed E-state index contributed by atoms with van der Waals surface area (Å²) >= 11 is 0. The quantitative estimate of drug-likeness (QED) is 0.716. The highest BCUT2D eigenvalue weighted by Crippen LogP contribution is 2.07. The van der Waals surface area contributed by atoms with Gasteiger partial charge in [-0.3, -0.25) is 14.9 Å². The summed E-state index contributed by atoms with van der Waals surface area (Å²) in [6.45, 7) is 3.08. The predicted octanol–water partition coefficient (Wildman–Crippen LogP) is 0.561. The van der Waals surface area contributed by atoms with Crippen molar-refractivity contribution < 1.29 is 4.79 Å². The van der Waals surface area contributed by atoms with Gasteiger partial charge in [0.2, 0.25) is 0 Å². The van der Waals surface area contributed by atoms with Gasteiger partial charge in [-0.2, -0.15) is 5.10 Å². The zero-order valence-electron chi connectivity index (χ0n) is 9.97. The lowest BCUT2D eigenvalue weighted by Crippen LogP contribution is -2.24. The van der Waals surface area contributed by atoms with E-state index in [1.807, 2.05) is 13.0 Å². The number of hydrogen-bond donors (Lipinski definition) is 3. The van der Waals surface area contributed by atoms with Gasteiger partial charge in [0.15, 0.2) is 0 Å². The zero-order chi connectivity index (χ0) is 12.8. The van der Waals surface area contributed by atoms with E-state index in [-0.39, 0.29) is 5.91 Å². The number of pyridine rings is 1. The average molecular weight is 246 g/mol. The van der Waals surface area contributed by atoms with E-state index in [1.165, 1.54) is 6.33 Å². The van der Waals surface area contributed by atoms with Crippen molar-refractivity contribution in [1.29, 1.82) is 0 Å². The monoisotopic (exact) mass is 246 g/mol. The van der Waals surface area contributed by atoms with Gasteiger partial charge in [-0.25, -0.2) is 4.98 Å². The molecule has 2 aromatic rings. The normalized spacial score (nSPS) is 10.1. The van der Waals surface area contributed by atoms with Gasteiger partial charge in [-0.1, -0.05) is 0 Å². The van der Waals surface area contributed by atoms with Crippen molar-refractivity contribution in [2.75, 3.05) is 11.9 Å². The second kappa shape index (κ2) is 5.76. The summed E-state index contributed by atoms with van der Waals surface area (Å²) in [4.78, 5) is 19.8. The molecule has 0 unspecified atom stereocenters. The molecular weight excluding hydrogens is 232 g/mol. The topological polar surface area (TPSA) is 95.6 Å². The molecule has 0 aliphatic heterocycles. The van der Waals surface area contributed by atoms with Crippen LogP contribution in [-0.2, 0) is 6.54 Å². The maximum atomic E-state index is 11.8. The molecule has 0 radical (unpaired) electrons. The molecule has 0 bridgehead atoms. The van der Waals surface area contributed by atoms with Crippen LogP contribution in [0.4, 0.5) is 5.69 Å². The van der Waals surface area contributed by atoms with Crippen molar-refractivity contribution >= 4 is 11.6 Å². The van der Waals surface area contributed by atoms with Crippen molar-refractivity contribution in [1.82, 2.24) is 25.5 Å². The van der Waals surface area contributed by atoms with E-state index in [1.54, 1.807) is 12.3 Å². The Kier molecular flexibility index (Phi) is 3.85. The van der Waals surface area contributed by atoms with Crippen LogP contribution in [-0.4, -0.2) is 32.6 Å². The van der Waals surface area contributed by atoms with E-state index in [9.17, 15) is 4.79 Å². The fraction of sp³-hybridized carbons (Fsp3) is 0.273. The maximum absolute atomic E-state index is 11.8. The minimum Gasteiger partial charge on any atom is -0.385 e. The largest absolute Gasteiger partial charge is 0.385 e. The van der Waals surface area contributed by atoms with Crippen molar-refractivity contribution in [2.45, 2.75) is 13.5 Å². The Hall–Kier alpha value is -2.44. The number of H-pyrrole nitrogens is 1. The van der Waals surface area contributed by atoms with Gasteiger partial charge in [0.25, 0.3) is 5.91 Å². The van der Waals surface area contributed by atoms with Gasteiger partial charge < -0.3 is 10.6 Å². The Balaban J connectivity index is 1.97. The molecule has 2 rings (SSSR count). The molecule has 0 aromatic carbocycles. The minimum absolute atomic E-state index is 0.244. The third-order valence-electron chi connectivity index (χ3n) is 2.25. The van der Waals surface area contributed by atoms with Crippen LogP contribution in [0.5, 0.6) is 0 Å². The Morgan fingerprint density at radius 1 is 1.44 bits per heavy atom. The van der Waals surface area contributed by atoms with Crippen LogP contribution in [0.15, 0.2) is 24.7 Å². The SMILES string of the molecule is CCNc1ccnc(C(=O)NCc2ncn[nH]2)c1. The van der Waals surface area contributed by atoms with E-state index in [0.29, 0.717) is 18.1 Å². The number of aromatic nitrogens is 4. The van der Waals surface area contributed by atoms with Gasteiger partial charge in [-0.15, -0.1) is 0 Å². The summed E-state index contributed by atoms with van der Waals surface area (Å²) < 4.78 is 0. The lowest BCUT2D eigenvalue weighted by atomic mass is 10.3.